The van der Waals surface area contributed by atoms with Gasteiger partial charge in [0.05, 0.1) is 5.97 Å². The number of aryl methyl sites for hydroxylation is 1. The van der Waals surface area contributed by atoms with Crippen LogP contribution in [0.2, 0.25) is 0 Å². The summed E-state index contributed by atoms with van der Waals surface area (Å²) < 4.78 is 1.53. The first-order chi connectivity index (χ1) is 8.47. The first-order valence-corrected chi connectivity index (χ1v) is 6.10. The SMILES string of the molecule is CN(C)C1CCN(Cc2cn(C)nc2C(=O)[O-])C1.[Li+]. The molecule has 19 heavy (non-hydrogen) atoms. The van der Waals surface area contributed by atoms with Crippen LogP contribution in [0.15, 0.2) is 6.20 Å². The van der Waals surface area contributed by atoms with E-state index in [0.29, 0.717) is 12.6 Å². The van der Waals surface area contributed by atoms with Gasteiger partial charge in [0.1, 0.15) is 5.69 Å². The average molecular weight is 258 g/mol. The third-order valence-electron chi connectivity index (χ3n) is 3.47. The number of rotatable bonds is 4. The second kappa shape index (κ2) is 6.57. The zero-order chi connectivity index (χ0) is 13.3. The van der Waals surface area contributed by atoms with E-state index in [-0.39, 0.29) is 24.6 Å². The molecule has 0 bridgehead atoms. The van der Waals surface area contributed by atoms with Crippen molar-refractivity contribution in [1.29, 1.82) is 0 Å². The van der Waals surface area contributed by atoms with Crippen molar-refractivity contribution in [1.82, 2.24) is 19.6 Å². The Labute approximate surface area is 125 Å². The molecule has 0 spiro atoms. The Hall–Kier alpha value is -0.803. The second-order valence-electron chi connectivity index (χ2n) is 5.11. The van der Waals surface area contributed by atoms with E-state index in [1.165, 1.54) is 4.68 Å². The Bertz CT molecular complexity index is 447. The van der Waals surface area contributed by atoms with Gasteiger partial charge in [0.2, 0.25) is 0 Å². The zero-order valence-electron chi connectivity index (χ0n) is 12.1. The number of hydrogen-bond acceptors (Lipinski definition) is 5. The number of carbonyl (C=O) groups is 1. The molecule has 2 rings (SSSR count). The minimum Gasteiger partial charge on any atom is -0.543 e. The fourth-order valence-electron chi connectivity index (χ4n) is 2.44. The maximum Gasteiger partial charge on any atom is 1.00 e. The minimum absolute atomic E-state index is 0. The summed E-state index contributed by atoms with van der Waals surface area (Å²) >= 11 is 0. The quantitative estimate of drug-likeness (QED) is 0.514. The molecule has 0 radical (unpaired) electrons. The van der Waals surface area contributed by atoms with Crippen molar-refractivity contribution in [3.05, 3.63) is 17.5 Å². The van der Waals surface area contributed by atoms with Crippen LogP contribution < -0.4 is 24.0 Å². The number of likely N-dealkylation sites (N-methyl/N-ethyl adjacent to an activating group) is 1. The summed E-state index contributed by atoms with van der Waals surface area (Å²) in [6.45, 7) is 2.58. The van der Waals surface area contributed by atoms with Crippen LogP contribution in [0, 0.1) is 0 Å². The standard InChI is InChI=1S/C12H20N4O2.Li/c1-14(2)10-4-5-16(8-10)7-9-6-15(3)13-11(9)12(17)18;/h6,10H,4-5,7-8H2,1-3H3,(H,17,18);/q;+1/p-1. The van der Waals surface area contributed by atoms with Gasteiger partial charge in [-0.05, 0) is 20.5 Å². The van der Waals surface area contributed by atoms with Gasteiger partial charge in [0, 0.05) is 44.5 Å². The topological polar surface area (TPSA) is 64.4 Å². The fraction of sp³-hybridized carbons (Fsp3) is 0.667. The van der Waals surface area contributed by atoms with Crippen molar-refractivity contribution >= 4 is 5.97 Å². The number of carboxylic acids is 1. The average Bonchev–Trinajstić information content (AvgIpc) is 2.86. The Balaban J connectivity index is 0.00000180. The van der Waals surface area contributed by atoms with E-state index in [2.05, 4.69) is 29.0 Å². The van der Waals surface area contributed by atoms with Gasteiger partial charge in [-0.25, -0.2) is 0 Å². The summed E-state index contributed by atoms with van der Waals surface area (Å²) in [5, 5.41) is 14.9. The van der Waals surface area contributed by atoms with Gasteiger partial charge in [-0.15, -0.1) is 0 Å². The molecule has 2 heterocycles. The van der Waals surface area contributed by atoms with Crippen molar-refractivity contribution < 1.29 is 28.8 Å². The number of carbonyl (C=O) groups excluding carboxylic acids is 1. The number of carboxylic acid groups (broad SMARTS) is 1. The number of nitrogens with zero attached hydrogens (tertiary/aromatic N) is 4. The Kier molecular flexibility index (Phi) is 5.62. The third kappa shape index (κ3) is 3.83. The van der Waals surface area contributed by atoms with Crippen molar-refractivity contribution in [2.45, 2.75) is 19.0 Å². The van der Waals surface area contributed by atoms with Gasteiger partial charge < -0.3 is 14.8 Å². The second-order valence-corrected chi connectivity index (χ2v) is 5.11. The smallest absolute Gasteiger partial charge is 0.543 e. The molecule has 0 amide bonds. The van der Waals surface area contributed by atoms with Crippen molar-refractivity contribution in [2.24, 2.45) is 7.05 Å². The van der Waals surface area contributed by atoms with Crippen molar-refractivity contribution in [3.63, 3.8) is 0 Å². The van der Waals surface area contributed by atoms with Crippen LogP contribution in [-0.4, -0.2) is 58.8 Å². The third-order valence-corrected chi connectivity index (χ3v) is 3.47. The first-order valence-electron chi connectivity index (χ1n) is 6.10. The monoisotopic (exact) mass is 258 g/mol. The van der Waals surface area contributed by atoms with Crippen LogP contribution in [0.5, 0.6) is 0 Å². The summed E-state index contributed by atoms with van der Waals surface area (Å²) in [7, 11) is 5.87. The summed E-state index contributed by atoms with van der Waals surface area (Å²) in [5.41, 5.74) is 0.794. The molecule has 0 aromatic carbocycles. The maximum atomic E-state index is 11.0. The number of likely N-dealkylation sites (tertiary alicyclic amines) is 1. The molecule has 6 nitrogen and oxygen atoms in total. The van der Waals surface area contributed by atoms with Gasteiger partial charge in [-0.1, -0.05) is 0 Å². The Morgan fingerprint density at radius 2 is 2.26 bits per heavy atom. The fourth-order valence-corrected chi connectivity index (χ4v) is 2.44. The van der Waals surface area contributed by atoms with E-state index < -0.39 is 5.97 Å². The van der Waals surface area contributed by atoms with E-state index in [1.807, 2.05) is 0 Å². The molecular formula is C12H19LiN4O2. The van der Waals surface area contributed by atoms with E-state index in [9.17, 15) is 9.90 Å². The molecule has 1 atom stereocenters. The summed E-state index contributed by atoms with van der Waals surface area (Å²) in [4.78, 5) is 15.4. The molecule has 1 aliphatic rings. The van der Waals surface area contributed by atoms with Crippen LogP contribution in [0.3, 0.4) is 0 Å². The van der Waals surface area contributed by atoms with Gasteiger partial charge >= 0.3 is 18.9 Å². The summed E-state index contributed by atoms with van der Waals surface area (Å²) in [6, 6.07) is 0.549. The van der Waals surface area contributed by atoms with Crippen molar-refractivity contribution in [2.75, 3.05) is 27.2 Å². The molecule has 0 aliphatic carbocycles. The van der Waals surface area contributed by atoms with Crippen LogP contribution in [0.4, 0.5) is 0 Å². The van der Waals surface area contributed by atoms with E-state index in [1.54, 1.807) is 13.2 Å². The summed E-state index contributed by atoms with van der Waals surface area (Å²) in [6.07, 6.45) is 2.88. The molecule has 0 saturated carbocycles. The molecule has 1 aromatic rings. The van der Waals surface area contributed by atoms with Gasteiger partial charge in [0.15, 0.2) is 0 Å². The Morgan fingerprint density at radius 3 is 2.79 bits per heavy atom. The van der Waals surface area contributed by atoms with Gasteiger partial charge in [-0.2, -0.15) is 5.10 Å². The van der Waals surface area contributed by atoms with Crippen LogP contribution in [0.1, 0.15) is 22.5 Å². The van der Waals surface area contributed by atoms with Crippen LogP contribution in [0.25, 0.3) is 0 Å². The predicted molar refractivity (Wildman–Crippen MR) is 64.9 cm³/mol. The molecule has 1 unspecified atom stereocenters. The van der Waals surface area contributed by atoms with Gasteiger partial charge in [0.25, 0.3) is 0 Å². The molecule has 1 aromatic heterocycles. The molecule has 100 valence electrons. The van der Waals surface area contributed by atoms with Crippen molar-refractivity contribution in [3.8, 4) is 0 Å². The molecule has 7 heteroatoms. The van der Waals surface area contributed by atoms with E-state index in [0.717, 1.165) is 25.1 Å². The molecule has 1 fully saturated rings. The van der Waals surface area contributed by atoms with E-state index in [4.69, 9.17) is 0 Å². The van der Waals surface area contributed by atoms with Crippen LogP contribution >= 0.6 is 0 Å². The number of hydrogen-bond donors (Lipinski definition) is 0. The number of aromatic carboxylic acids is 1. The molecular weight excluding hydrogens is 239 g/mol. The Morgan fingerprint density at radius 1 is 1.58 bits per heavy atom. The first kappa shape index (κ1) is 16.3. The molecule has 0 N–H and O–H groups in total. The minimum atomic E-state index is -1.20. The maximum absolute atomic E-state index is 11.0. The molecule has 1 saturated heterocycles. The predicted octanol–water partition coefficient (Wildman–Crippen LogP) is -4.08. The summed E-state index contributed by atoms with van der Waals surface area (Å²) in [5.74, 6) is -1.20. The number of aromatic nitrogens is 2. The largest absolute Gasteiger partial charge is 1.00 e. The zero-order valence-corrected chi connectivity index (χ0v) is 12.1. The normalized spacial score (nSPS) is 19.7. The van der Waals surface area contributed by atoms with Gasteiger partial charge in [-0.3, -0.25) is 9.58 Å². The van der Waals surface area contributed by atoms with Crippen LogP contribution in [-0.2, 0) is 13.6 Å². The van der Waals surface area contributed by atoms with E-state index >= 15 is 0 Å². The molecule has 1 aliphatic heterocycles.